The zero-order valence-corrected chi connectivity index (χ0v) is 14.7. The van der Waals surface area contributed by atoms with Gasteiger partial charge in [-0.2, -0.15) is 5.10 Å². The van der Waals surface area contributed by atoms with E-state index in [4.69, 9.17) is 0 Å². The van der Waals surface area contributed by atoms with Crippen molar-refractivity contribution < 1.29 is 4.79 Å². The number of para-hydroxylation sites is 1. The number of rotatable bonds is 6. The molecule has 1 amide bonds. The Bertz CT molecular complexity index is 789. The average molecular weight is 339 g/mol. The van der Waals surface area contributed by atoms with E-state index < -0.39 is 0 Å². The molecular weight excluding hydrogens is 318 g/mol. The summed E-state index contributed by atoms with van der Waals surface area (Å²) in [4.78, 5) is 13.8. The smallest absolute Gasteiger partial charge is 0.270 e. The van der Waals surface area contributed by atoms with Crippen LogP contribution in [0.4, 0.5) is 0 Å². The van der Waals surface area contributed by atoms with Crippen molar-refractivity contribution in [1.82, 2.24) is 15.1 Å². The first-order chi connectivity index (χ1) is 11.7. The Morgan fingerprint density at radius 3 is 2.54 bits per heavy atom. The quantitative estimate of drug-likeness (QED) is 0.718. The van der Waals surface area contributed by atoms with Crippen LogP contribution >= 0.6 is 11.3 Å². The number of hydrogen-bond donors (Lipinski definition) is 1. The topological polar surface area (TPSA) is 46.9 Å². The summed E-state index contributed by atoms with van der Waals surface area (Å²) in [6.45, 7) is 4.17. The molecule has 3 aromatic rings. The van der Waals surface area contributed by atoms with Crippen molar-refractivity contribution in [2.24, 2.45) is 0 Å². The summed E-state index contributed by atoms with van der Waals surface area (Å²) in [6, 6.07) is 15.8. The lowest BCUT2D eigenvalue weighted by Gasteiger charge is -2.15. The highest BCUT2D eigenvalue weighted by Crippen LogP contribution is 2.25. The first-order valence-electron chi connectivity index (χ1n) is 8.23. The van der Waals surface area contributed by atoms with Crippen LogP contribution < -0.4 is 5.32 Å². The normalized spacial score (nSPS) is 11.0. The van der Waals surface area contributed by atoms with E-state index in [-0.39, 0.29) is 11.9 Å². The molecule has 0 aliphatic carbocycles. The van der Waals surface area contributed by atoms with Gasteiger partial charge in [-0.1, -0.05) is 38.1 Å². The minimum atomic E-state index is -0.0807. The van der Waals surface area contributed by atoms with Crippen molar-refractivity contribution in [3.8, 4) is 16.3 Å². The first kappa shape index (κ1) is 16.5. The minimum absolute atomic E-state index is 0.0807. The SMILES string of the molecule is CCC(CC)NC(=O)c1cc(-c2cccs2)nn1-c1ccccc1. The standard InChI is InChI=1S/C19H21N3OS/c1-3-14(4-2)20-19(23)17-13-16(18-11-8-12-24-18)21-22(17)15-9-6-5-7-10-15/h5-14H,3-4H2,1-2H3,(H,20,23). The van der Waals surface area contributed by atoms with Crippen LogP contribution in [0.3, 0.4) is 0 Å². The van der Waals surface area contributed by atoms with Gasteiger partial charge >= 0.3 is 0 Å². The van der Waals surface area contributed by atoms with Crippen LogP contribution in [-0.2, 0) is 0 Å². The number of carbonyl (C=O) groups excluding carboxylic acids is 1. The van der Waals surface area contributed by atoms with Crippen molar-refractivity contribution in [3.63, 3.8) is 0 Å². The molecule has 0 fully saturated rings. The van der Waals surface area contributed by atoms with Gasteiger partial charge in [-0.3, -0.25) is 4.79 Å². The van der Waals surface area contributed by atoms with E-state index in [1.54, 1.807) is 16.0 Å². The lowest BCUT2D eigenvalue weighted by Crippen LogP contribution is -2.35. The van der Waals surface area contributed by atoms with Crippen LogP contribution in [0.5, 0.6) is 0 Å². The fraction of sp³-hybridized carbons (Fsp3) is 0.263. The fourth-order valence-corrected chi connectivity index (χ4v) is 3.29. The van der Waals surface area contributed by atoms with Crippen molar-refractivity contribution in [1.29, 1.82) is 0 Å². The summed E-state index contributed by atoms with van der Waals surface area (Å²) in [6.07, 6.45) is 1.83. The first-order valence-corrected chi connectivity index (χ1v) is 9.11. The van der Waals surface area contributed by atoms with E-state index in [9.17, 15) is 4.79 Å². The summed E-state index contributed by atoms with van der Waals surface area (Å²) in [5.74, 6) is -0.0807. The monoisotopic (exact) mass is 339 g/mol. The van der Waals surface area contributed by atoms with Gasteiger partial charge in [-0.05, 0) is 42.5 Å². The highest BCUT2D eigenvalue weighted by atomic mass is 32.1. The molecule has 0 radical (unpaired) electrons. The molecule has 0 aliphatic rings. The molecule has 124 valence electrons. The maximum absolute atomic E-state index is 12.8. The molecule has 4 nitrogen and oxygen atoms in total. The van der Waals surface area contributed by atoms with Gasteiger partial charge in [0.05, 0.1) is 10.6 Å². The number of aromatic nitrogens is 2. The van der Waals surface area contributed by atoms with Gasteiger partial charge in [0.25, 0.3) is 5.91 Å². The van der Waals surface area contributed by atoms with E-state index in [0.29, 0.717) is 5.69 Å². The van der Waals surface area contributed by atoms with Gasteiger partial charge in [0.1, 0.15) is 11.4 Å². The van der Waals surface area contributed by atoms with Crippen LogP contribution in [0.2, 0.25) is 0 Å². The minimum Gasteiger partial charge on any atom is -0.348 e. The molecule has 0 spiro atoms. The molecule has 3 rings (SSSR count). The Labute approximate surface area is 146 Å². The Kier molecular flexibility index (Phi) is 5.11. The van der Waals surface area contributed by atoms with Gasteiger partial charge < -0.3 is 5.32 Å². The molecule has 0 aliphatic heterocycles. The van der Waals surface area contributed by atoms with Crippen molar-refractivity contribution >= 4 is 17.2 Å². The van der Waals surface area contributed by atoms with Crippen LogP contribution in [-0.4, -0.2) is 21.7 Å². The number of nitrogens with one attached hydrogen (secondary N) is 1. The molecule has 2 aromatic heterocycles. The molecule has 0 bridgehead atoms. The predicted octanol–water partition coefficient (Wildman–Crippen LogP) is 4.52. The van der Waals surface area contributed by atoms with Gasteiger partial charge in [0.15, 0.2) is 0 Å². The second kappa shape index (κ2) is 7.45. The molecule has 2 heterocycles. The third kappa shape index (κ3) is 3.41. The molecule has 1 aromatic carbocycles. The Balaban J connectivity index is 2.01. The van der Waals surface area contributed by atoms with Crippen LogP contribution in [0.25, 0.3) is 16.3 Å². The lowest BCUT2D eigenvalue weighted by molar-refractivity contribution is 0.0927. The van der Waals surface area contributed by atoms with Crippen molar-refractivity contribution in [2.45, 2.75) is 32.7 Å². The Hall–Kier alpha value is -2.40. The van der Waals surface area contributed by atoms with E-state index in [1.165, 1.54) is 0 Å². The van der Waals surface area contributed by atoms with Gasteiger partial charge in [0.2, 0.25) is 0 Å². The maximum atomic E-state index is 12.8. The summed E-state index contributed by atoms with van der Waals surface area (Å²) in [5.41, 5.74) is 2.27. The largest absolute Gasteiger partial charge is 0.348 e. The fourth-order valence-electron chi connectivity index (χ4n) is 2.61. The summed E-state index contributed by atoms with van der Waals surface area (Å²) in [7, 11) is 0. The number of carbonyl (C=O) groups is 1. The van der Waals surface area contributed by atoms with E-state index in [0.717, 1.165) is 29.1 Å². The van der Waals surface area contributed by atoms with Crippen molar-refractivity contribution in [3.05, 3.63) is 59.6 Å². The maximum Gasteiger partial charge on any atom is 0.270 e. The summed E-state index contributed by atoms with van der Waals surface area (Å²) in [5, 5.41) is 9.79. The molecular formula is C19H21N3OS. The Morgan fingerprint density at radius 2 is 1.92 bits per heavy atom. The van der Waals surface area contributed by atoms with Gasteiger partial charge in [0, 0.05) is 6.04 Å². The average Bonchev–Trinajstić information content (AvgIpc) is 3.29. The number of nitrogens with zero attached hydrogens (tertiary/aromatic N) is 2. The van der Waals surface area contributed by atoms with E-state index >= 15 is 0 Å². The van der Waals surface area contributed by atoms with Gasteiger partial charge in [-0.15, -0.1) is 11.3 Å². The highest BCUT2D eigenvalue weighted by molar-refractivity contribution is 7.13. The molecule has 1 N–H and O–H groups in total. The number of benzene rings is 1. The van der Waals surface area contributed by atoms with Gasteiger partial charge in [-0.25, -0.2) is 4.68 Å². The third-order valence-corrected chi connectivity index (χ3v) is 4.93. The molecule has 0 saturated heterocycles. The molecule has 0 unspecified atom stereocenters. The van der Waals surface area contributed by atoms with Crippen molar-refractivity contribution in [2.75, 3.05) is 0 Å². The second-order valence-electron chi connectivity index (χ2n) is 5.63. The molecule has 0 saturated carbocycles. The summed E-state index contributed by atoms with van der Waals surface area (Å²) < 4.78 is 1.73. The zero-order chi connectivity index (χ0) is 16.9. The lowest BCUT2D eigenvalue weighted by atomic mass is 10.1. The highest BCUT2D eigenvalue weighted by Gasteiger charge is 2.19. The summed E-state index contributed by atoms with van der Waals surface area (Å²) >= 11 is 1.62. The third-order valence-electron chi connectivity index (χ3n) is 4.04. The zero-order valence-electron chi connectivity index (χ0n) is 13.9. The molecule has 24 heavy (non-hydrogen) atoms. The number of thiophene rings is 1. The number of amides is 1. The van der Waals surface area contributed by atoms with E-state index in [1.807, 2.05) is 53.9 Å². The van der Waals surface area contributed by atoms with E-state index in [2.05, 4.69) is 24.3 Å². The van der Waals surface area contributed by atoms with Crippen LogP contribution in [0.15, 0.2) is 53.9 Å². The molecule has 5 heteroatoms. The van der Waals surface area contributed by atoms with Crippen LogP contribution in [0, 0.1) is 0 Å². The molecule has 0 atom stereocenters. The Morgan fingerprint density at radius 1 is 1.17 bits per heavy atom. The predicted molar refractivity (Wildman–Crippen MR) is 98.7 cm³/mol. The second-order valence-corrected chi connectivity index (χ2v) is 6.57. The van der Waals surface area contributed by atoms with Crippen LogP contribution in [0.1, 0.15) is 37.2 Å². The number of hydrogen-bond acceptors (Lipinski definition) is 3.